The van der Waals surface area contributed by atoms with Gasteiger partial charge in [0.25, 0.3) is 0 Å². The molecule has 2 bridgehead atoms. The monoisotopic (exact) mass is 316 g/mol. The maximum Gasteiger partial charge on any atom is 0.242 e. The van der Waals surface area contributed by atoms with Crippen molar-refractivity contribution in [3.8, 4) is 0 Å². The van der Waals surface area contributed by atoms with E-state index in [1.807, 2.05) is 0 Å². The molecule has 2 aliphatic rings. The Kier molecular flexibility index (Phi) is 3.77. The van der Waals surface area contributed by atoms with E-state index in [1.165, 1.54) is 6.07 Å². The largest absolute Gasteiger partial charge is 0.373 e. The molecule has 0 radical (unpaired) electrons. The van der Waals surface area contributed by atoms with Crippen LogP contribution in [0.2, 0.25) is 5.02 Å². The molecule has 2 saturated heterocycles. The van der Waals surface area contributed by atoms with Gasteiger partial charge in [-0.2, -0.15) is 0 Å². The molecule has 1 aromatic rings. The number of hydrogen-bond acceptors (Lipinski definition) is 4. The van der Waals surface area contributed by atoms with Crippen LogP contribution in [0.3, 0.4) is 0 Å². The third-order valence-electron chi connectivity index (χ3n) is 3.93. The molecule has 2 heterocycles. The van der Waals surface area contributed by atoms with Crippen molar-refractivity contribution in [2.75, 3.05) is 0 Å². The van der Waals surface area contributed by atoms with E-state index in [-0.39, 0.29) is 28.2 Å². The number of nitrogens with two attached hydrogens (primary N) is 1. The van der Waals surface area contributed by atoms with Crippen molar-refractivity contribution in [1.82, 2.24) is 4.72 Å². The van der Waals surface area contributed by atoms with Crippen molar-refractivity contribution < 1.29 is 13.2 Å². The first-order valence-electron chi connectivity index (χ1n) is 6.66. The van der Waals surface area contributed by atoms with Crippen LogP contribution < -0.4 is 10.5 Å². The third kappa shape index (κ3) is 2.58. The number of ether oxygens (including phenoxy) is 1. The topological polar surface area (TPSA) is 81.4 Å². The van der Waals surface area contributed by atoms with Crippen molar-refractivity contribution in [3.63, 3.8) is 0 Å². The van der Waals surface area contributed by atoms with Gasteiger partial charge in [-0.15, -0.1) is 0 Å². The van der Waals surface area contributed by atoms with Crippen LogP contribution in [0, 0.1) is 0 Å². The van der Waals surface area contributed by atoms with Gasteiger partial charge in [0.1, 0.15) is 4.90 Å². The van der Waals surface area contributed by atoms with E-state index in [0.29, 0.717) is 6.54 Å². The lowest BCUT2D eigenvalue weighted by Crippen LogP contribution is -2.41. The maximum absolute atomic E-state index is 12.4. The highest BCUT2D eigenvalue weighted by Crippen LogP contribution is 2.35. The van der Waals surface area contributed by atoms with Gasteiger partial charge in [-0.3, -0.25) is 0 Å². The molecular formula is C13H17ClN2O3S. The highest BCUT2D eigenvalue weighted by Gasteiger charge is 2.42. The maximum atomic E-state index is 12.4. The summed E-state index contributed by atoms with van der Waals surface area (Å²) in [5.74, 6) is 0. The molecule has 7 heteroatoms. The number of nitrogens with one attached hydrogen (secondary N) is 1. The van der Waals surface area contributed by atoms with Gasteiger partial charge < -0.3 is 10.5 Å². The van der Waals surface area contributed by atoms with Crippen LogP contribution in [-0.2, 0) is 21.3 Å². The highest BCUT2D eigenvalue weighted by molar-refractivity contribution is 7.89. The lowest BCUT2D eigenvalue weighted by molar-refractivity contribution is 0.0996. The van der Waals surface area contributed by atoms with Crippen LogP contribution in [0.15, 0.2) is 23.1 Å². The number of rotatable bonds is 4. The smallest absolute Gasteiger partial charge is 0.242 e. The quantitative estimate of drug-likeness (QED) is 0.879. The Bertz CT molecular complexity index is 620. The fraction of sp³-hybridized carbons (Fsp3) is 0.538. The predicted molar refractivity (Wildman–Crippen MR) is 76.0 cm³/mol. The van der Waals surface area contributed by atoms with Crippen LogP contribution in [0.25, 0.3) is 0 Å². The fourth-order valence-corrected chi connectivity index (χ4v) is 4.76. The van der Waals surface area contributed by atoms with Crippen LogP contribution in [0.4, 0.5) is 0 Å². The summed E-state index contributed by atoms with van der Waals surface area (Å²) < 4.78 is 33.2. The number of fused-ring (bicyclic) bond motifs is 2. The van der Waals surface area contributed by atoms with Crippen molar-refractivity contribution in [2.24, 2.45) is 5.73 Å². The van der Waals surface area contributed by atoms with Gasteiger partial charge in [-0.05, 0) is 37.0 Å². The third-order valence-corrected chi connectivity index (χ3v) is 5.91. The summed E-state index contributed by atoms with van der Waals surface area (Å²) in [6.45, 7) is 0.327. The van der Waals surface area contributed by atoms with Gasteiger partial charge in [-0.1, -0.05) is 17.7 Å². The van der Waals surface area contributed by atoms with Crippen molar-refractivity contribution in [3.05, 3.63) is 28.8 Å². The van der Waals surface area contributed by atoms with Crippen molar-refractivity contribution in [1.29, 1.82) is 0 Å². The second kappa shape index (κ2) is 5.27. The Morgan fingerprint density at radius 1 is 1.40 bits per heavy atom. The van der Waals surface area contributed by atoms with Crippen LogP contribution in [-0.4, -0.2) is 26.7 Å². The summed E-state index contributed by atoms with van der Waals surface area (Å²) in [4.78, 5) is 0.0964. The Balaban J connectivity index is 1.81. The molecular weight excluding hydrogens is 300 g/mol. The average Bonchev–Trinajstić information content (AvgIpc) is 2.99. The molecule has 0 aromatic heterocycles. The fourth-order valence-electron chi connectivity index (χ4n) is 2.91. The summed E-state index contributed by atoms with van der Waals surface area (Å²) in [6.07, 6.45) is 2.87. The molecule has 20 heavy (non-hydrogen) atoms. The Labute approximate surface area is 123 Å². The molecule has 2 aliphatic heterocycles. The Morgan fingerprint density at radius 3 is 2.75 bits per heavy atom. The first-order valence-corrected chi connectivity index (χ1v) is 8.52. The van der Waals surface area contributed by atoms with E-state index in [4.69, 9.17) is 22.1 Å². The van der Waals surface area contributed by atoms with E-state index in [9.17, 15) is 8.42 Å². The zero-order chi connectivity index (χ0) is 14.3. The molecule has 3 unspecified atom stereocenters. The van der Waals surface area contributed by atoms with Gasteiger partial charge in [0.15, 0.2) is 0 Å². The summed E-state index contributed by atoms with van der Waals surface area (Å²) in [6, 6.07) is 4.62. The van der Waals surface area contributed by atoms with Gasteiger partial charge in [-0.25, -0.2) is 13.1 Å². The molecule has 2 fully saturated rings. The predicted octanol–water partition coefficient (Wildman–Crippen LogP) is 1.40. The van der Waals surface area contributed by atoms with Crippen LogP contribution in [0.1, 0.15) is 24.8 Å². The molecule has 110 valence electrons. The molecule has 3 N–H and O–H groups in total. The van der Waals surface area contributed by atoms with Crippen LogP contribution >= 0.6 is 11.6 Å². The Hall–Kier alpha value is -0.660. The average molecular weight is 317 g/mol. The molecule has 1 aromatic carbocycles. The standard InChI is InChI=1S/C13H17ClN2O3S/c14-10-5-8(7-15)1-4-13(10)20(17,18)16-11-6-9-2-3-12(11)19-9/h1,4-5,9,11-12,16H,2-3,6-7,15H2. The minimum Gasteiger partial charge on any atom is -0.373 e. The molecule has 0 aliphatic carbocycles. The van der Waals surface area contributed by atoms with E-state index < -0.39 is 10.0 Å². The summed E-state index contributed by atoms with van der Waals surface area (Å²) in [5, 5.41) is 0.199. The second-order valence-corrected chi connectivity index (χ2v) is 7.40. The normalized spacial score (nSPS) is 29.0. The molecule has 0 spiro atoms. The summed E-state index contributed by atoms with van der Waals surface area (Å²) in [7, 11) is -3.62. The summed E-state index contributed by atoms with van der Waals surface area (Å²) >= 11 is 6.05. The minimum atomic E-state index is -3.62. The first kappa shape index (κ1) is 14.3. The molecule has 0 amide bonds. The SMILES string of the molecule is NCc1ccc(S(=O)(=O)NC2CC3CCC2O3)c(Cl)c1. The van der Waals surface area contributed by atoms with Gasteiger partial charge in [0.05, 0.1) is 23.3 Å². The molecule has 0 saturated carbocycles. The second-order valence-electron chi connectivity index (χ2n) is 5.31. The number of halogens is 1. The number of hydrogen-bond donors (Lipinski definition) is 2. The summed E-state index contributed by atoms with van der Waals surface area (Å²) in [5.41, 5.74) is 6.31. The lowest BCUT2D eigenvalue weighted by Gasteiger charge is -2.20. The van der Waals surface area contributed by atoms with E-state index in [0.717, 1.165) is 24.8 Å². The van der Waals surface area contributed by atoms with Gasteiger partial charge >= 0.3 is 0 Å². The Morgan fingerprint density at radius 2 is 2.20 bits per heavy atom. The zero-order valence-electron chi connectivity index (χ0n) is 10.9. The number of sulfonamides is 1. The van der Waals surface area contributed by atoms with Crippen LogP contribution in [0.5, 0.6) is 0 Å². The van der Waals surface area contributed by atoms with Crippen molar-refractivity contribution in [2.45, 2.75) is 49.0 Å². The van der Waals surface area contributed by atoms with Gasteiger partial charge in [0, 0.05) is 6.54 Å². The molecule has 5 nitrogen and oxygen atoms in total. The van der Waals surface area contributed by atoms with E-state index in [1.54, 1.807) is 12.1 Å². The molecule has 3 atom stereocenters. The van der Waals surface area contributed by atoms with Crippen molar-refractivity contribution >= 4 is 21.6 Å². The number of benzene rings is 1. The lowest BCUT2D eigenvalue weighted by atomic mass is 9.96. The molecule has 3 rings (SSSR count). The van der Waals surface area contributed by atoms with Gasteiger partial charge in [0.2, 0.25) is 10.0 Å². The minimum absolute atomic E-state index is 0.00290. The van der Waals surface area contributed by atoms with E-state index in [2.05, 4.69) is 4.72 Å². The highest BCUT2D eigenvalue weighted by atomic mass is 35.5. The van der Waals surface area contributed by atoms with E-state index >= 15 is 0 Å². The first-order chi connectivity index (χ1) is 9.49. The zero-order valence-corrected chi connectivity index (χ0v) is 12.5.